The van der Waals surface area contributed by atoms with Crippen molar-refractivity contribution in [2.45, 2.75) is 51.5 Å². The van der Waals surface area contributed by atoms with Gasteiger partial charge in [-0.15, -0.1) is 6.58 Å². The lowest BCUT2D eigenvalue weighted by molar-refractivity contribution is 0.471. The van der Waals surface area contributed by atoms with E-state index < -0.39 is 0 Å². The van der Waals surface area contributed by atoms with Gasteiger partial charge in [0, 0.05) is 6.04 Å². The van der Waals surface area contributed by atoms with Crippen LogP contribution in [0.15, 0.2) is 35.3 Å². The molecule has 0 spiro atoms. The fourth-order valence-electron chi connectivity index (χ4n) is 2.25. The Kier molecular flexibility index (Phi) is 8.79. The summed E-state index contributed by atoms with van der Waals surface area (Å²) in [7, 11) is 0. The largest absolute Gasteiger partial charge is 0.310 e. The zero-order valence-corrected chi connectivity index (χ0v) is 13.9. The van der Waals surface area contributed by atoms with E-state index in [0.717, 1.165) is 31.4 Å². The molecule has 0 saturated carbocycles. The summed E-state index contributed by atoms with van der Waals surface area (Å²) in [5.74, 6) is -0.200. The van der Waals surface area contributed by atoms with Crippen LogP contribution < -0.4 is 5.32 Å². The Morgan fingerprint density at radius 3 is 2.80 bits per heavy atom. The molecule has 1 atom stereocenters. The van der Waals surface area contributed by atoms with E-state index in [1.165, 1.54) is 25.3 Å². The molecule has 0 fully saturated rings. The molecule has 112 valence electrons. The van der Waals surface area contributed by atoms with Crippen LogP contribution in [-0.4, -0.2) is 6.54 Å². The van der Waals surface area contributed by atoms with Crippen molar-refractivity contribution >= 4 is 15.9 Å². The zero-order chi connectivity index (χ0) is 14.8. The quantitative estimate of drug-likeness (QED) is 0.421. The monoisotopic (exact) mass is 341 g/mol. The molecule has 1 unspecified atom stereocenters. The number of allylic oxidation sites excluding steroid dienone is 1. The van der Waals surface area contributed by atoms with Gasteiger partial charge in [0.15, 0.2) is 0 Å². The Hall–Kier alpha value is -0.670. The van der Waals surface area contributed by atoms with Crippen LogP contribution in [0.3, 0.4) is 0 Å². The van der Waals surface area contributed by atoms with Gasteiger partial charge in [-0.3, -0.25) is 0 Å². The van der Waals surface area contributed by atoms with Crippen LogP contribution >= 0.6 is 15.9 Å². The van der Waals surface area contributed by atoms with Crippen molar-refractivity contribution < 1.29 is 4.39 Å². The Balaban J connectivity index is 2.57. The third-order valence-electron chi connectivity index (χ3n) is 3.39. The second-order valence-corrected chi connectivity index (χ2v) is 5.96. The van der Waals surface area contributed by atoms with Gasteiger partial charge in [-0.25, -0.2) is 4.39 Å². The van der Waals surface area contributed by atoms with E-state index in [4.69, 9.17) is 0 Å². The van der Waals surface area contributed by atoms with Gasteiger partial charge < -0.3 is 5.32 Å². The maximum absolute atomic E-state index is 13.3. The normalized spacial score (nSPS) is 12.3. The summed E-state index contributed by atoms with van der Waals surface area (Å²) < 4.78 is 13.9. The van der Waals surface area contributed by atoms with E-state index in [-0.39, 0.29) is 5.82 Å². The molecule has 0 saturated heterocycles. The van der Waals surface area contributed by atoms with E-state index in [1.807, 2.05) is 18.2 Å². The zero-order valence-electron chi connectivity index (χ0n) is 12.3. The summed E-state index contributed by atoms with van der Waals surface area (Å²) in [6.07, 6.45) is 8.88. The van der Waals surface area contributed by atoms with Crippen molar-refractivity contribution in [3.8, 4) is 0 Å². The minimum atomic E-state index is -0.200. The van der Waals surface area contributed by atoms with Gasteiger partial charge in [-0.2, -0.15) is 0 Å². The first-order chi connectivity index (χ1) is 9.69. The topological polar surface area (TPSA) is 12.0 Å². The van der Waals surface area contributed by atoms with E-state index in [1.54, 1.807) is 0 Å². The van der Waals surface area contributed by atoms with Crippen LogP contribution in [0, 0.1) is 5.82 Å². The molecule has 0 bridgehead atoms. The lowest BCUT2D eigenvalue weighted by Crippen LogP contribution is -2.22. The molecule has 0 amide bonds. The predicted molar refractivity (Wildman–Crippen MR) is 88.4 cm³/mol. The van der Waals surface area contributed by atoms with E-state index in [9.17, 15) is 4.39 Å². The molecule has 1 aromatic rings. The molecule has 3 heteroatoms. The maximum Gasteiger partial charge on any atom is 0.137 e. The summed E-state index contributed by atoms with van der Waals surface area (Å²) in [6.45, 7) is 6.90. The smallest absolute Gasteiger partial charge is 0.137 e. The first-order valence-corrected chi connectivity index (χ1v) is 8.27. The SMILES string of the molecule is C=CCCCCCC(NCCC)c1ccc(F)c(Br)c1. The molecular formula is C17H25BrFN. The van der Waals surface area contributed by atoms with E-state index >= 15 is 0 Å². The van der Waals surface area contributed by atoms with Gasteiger partial charge in [-0.05, 0) is 65.9 Å². The van der Waals surface area contributed by atoms with E-state index in [0.29, 0.717) is 10.5 Å². The Labute approximate surface area is 130 Å². The van der Waals surface area contributed by atoms with Gasteiger partial charge >= 0.3 is 0 Å². The molecule has 0 radical (unpaired) electrons. The number of halogens is 2. The van der Waals surface area contributed by atoms with Crippen molar-refractivity contribution in [1.29, 1.82) is 0 Å². The standard InChI is InChI=1S/C17H25BrFN/c1-3-5-6-7-8-9-17(20-12-4-2)14-10-11-16(19)15(18)13-14/h3,10-11,13,17,20H,1,4-9,12H2,2H3. The Bertz CT molecular complexity index is 406. The molecule has 1 aromatic carbocycles. The first kappa shape index (κ1) is 17.4. The van der Waals surface area contributed by atoms with Crippen molar-refractivity contribution in [3.63, 3.8) is 0 Å². The van der Waals surface area contributed by atoms with Gasteiger partial charge in [-0.1, -0.05) is 31.9 Å². The van der Waals surface area contributed by atoms with Crippen LogP contribution in [0.2, 0.25) is 0 Å². The molecule has 0 aliphatic heterocycles. The highest BCUT2D eigenvalue weighted by Gasteiger charge is 2.12. The molecule has 1 N–H and O–H groups in total. The van der Waals surface area contributed by atoms with Crippen LogP contribution in [0.4, 0.5) is 4.39 Å². The highest BCUT2D eigenvalue weighted by atomic mass is 79.9. The van der Waals surface area contributed by atoms with Crippen molar-refractivity contribution in [2.75, 3.05) is 6.54 Å². The lowest BCUT2D eigenvalue weighted by Gasteiger charge is -2.19. The second-order valence-electron chi connectivity index (χ2n) is 5.11. The summed E-state index contributed by atoms with van der Waals surface area (Å²) in [5.41, 5.74) is 1.16. The Morgan fingerprint density at radius 2 is 2.15 bits per heavy atom. The third-order valence-corrected chi connectivity index (χ3v) is 4.00. The van der Waals surface area contributed by atoms with Crippen LogP contribution in [-0.2, 0) is 0 Å². The highest BCUT2D eigenvalue weighted by molar-refractivity contribution is 9.10. The summed E-state index contributed by atoms with van der Waals surface area (Å²) in [6, 6.07) is 5.64. The van der Waals surface area contributed by atoms with Gasteiger partial charge in [0.1, 0.15) is 5.82 Å². The van der Waals surface area contributed by atoms with Crippen molar-refractivity contribution in [1.82, 2.24) is 5.32 Å². The summed E-state index contributed by atoms with van der Waals surface area (Å²) in [4.78, 5) is 0. The molecular weight excluding hydrogens is 317 g/mol. The van der Waals surface area contributed by atoms with Crippen molar-refractivity contribution in [2.24, 2.45) is 0 Å². The predicted octanol–water partition coefficient (Wildman–Crippen LogP) is 5.77. The van der Waals surface area contributed by atoms with Crippen LogP contribution in [0.5, 0.6) is 0 Å². The minimum absolute atomic E-state index is 0.200. The third kappa shape index (κ3) is 6.19. The van der Waals surface area contributed by atoms with Crippen LogP contribution in [0.25, 0.3) is 0 Å². The number of unbranched alkanes of at least 4 members (excludes halogenated alkanes) is 3. The summed E-state index contributed by atoms with van der Waals surface area (Å²) in [5, 5.41) is 3.56. The second kappa shape index (κ2) is 10.1. The lowest BCUT2D eigenvalue weighted by atomic mass is 9.99. The molecule has 0 heterocycles. The van der Waals surface area contributed by atoms with Gasteiger partial charge in [0.2, 0.25) is 0 Å². The average Bonchev–Trinajstić information content (AvgIpc) is 2.45. The molecule has 1 nitrogen and oxygen atoms in total. The average molecular weight is 342 g/mol. The number of benzene rings is 1. The molecule has 0 aromatic heterocycles. The fraction of sp³-hybridized carbons (Fsp3) is 0.529. The molecule has 20 heavy (non-hydrogen) atoms. The van der Waals surface area contributed by atoms with Gasteiger partial charge in [0.05, 0.1) is 4.47 Å². The van der Waals surface area contributed by atoms with Crippen molar-refractivity contribution in [3.05, 3.63) is 46.7 Å². The molecule has 0 aliphatic carbocycles. The number of hydrogen-bond acceptors (Lipinski definition) is 1. The maximum atomic E-state index is 13.3. The number of rotatable bonds is 10. The van der Waals surface area contributed by atoms with Gasteiger partial charge in [0.25, 0.3) is 0 Å². The summed E-state index contributed by atoms with van der Waals surface area (Å²) >= 11 is 3.27. The number of nitrogens with one attached hydrogen (secondary N) is 1. The Morgan fingerprint density at radius 1 is 1.35 bits per heavy atom. The number of hydrogen-bond donors (Lipinski definition) is 1. The van der Waals surface area contributed by atoms with E-state index in [2.05, 4.69) is 34.7 Å². The fourth-order valence-corrected chi connectivity index (χ4v) is 2.64. The molecule has 1 rings (SSSR count). The highest BCUT2D eigenvalue weighted by Crippen LogP contribution is 2.25. The first-order valence-electron chi connectivity index (χ1n) is 7.48. The van der Waals surface area contributed by atoms with Crippen LogP contribution in [0.1, 0.15) is 57.1 Å². The molecule has 0 aliphatic rings. The minimum Gasteiger partial charge on any atom is -0.310 e.